The number of aromatic amines is 1. The summed E-state index contributed by atoms with van der Waals surface area (Å²) in [6.07, 6.45) is 6.94. The average molecular weight is 521 g/mol. The molecule has 2 aromatic carbocycles. The Hall–Kier alpha value is -3.52. The molecule has 0 radical (unpaired) electrons. The number of aldehydes is 1. The molecule has 1 aromatic heterocycles. The highest BCUT2D eigenvalue weighted by molar-refractivity contribution is 5.91. The lowest BCUT2D eigenvalue weighted by Crippen LogP contribution is -2.27. The number of benzene rings is 2. The maximum atomic E-state index is 14.4. The van der Waals surface area contributed by atoms with Crippen LogP contribution in [0.15, 0.2) is 42.2 Å². The Balaban J connectivity index is 1.72. The Labute approximate surface area is 222 Å². The SMILES string of the molecule is C/C(C=O)=C/c1c(N(C)C)cc(C2CCOCC2)cc1N1CCCc2cc(-c3cn[nH]c3)c(C(F)F)cc21. The summed E-state index contributed by atoms with van der Waals surface area (Å²) in [4.78, 5) is 15.9. The van der Waals surface area contributed by atoms with Crippen LogP contribution in [0.3, 0.4) is 0 Å². The van der Waals surface area contributed by atoms with Crippen molar-refractivity contribution in [3.05, 3.63) is 64.5 Å². The molecular formula is C30H34F2N4O2. The number of anilines is 3. The Kier molecular flexibility index (Phi) is 7.61. The minimum Gasteiger partial charge on any atom is -0.381 e. The van der Waals surface area contributed by atoms with E-state index in [2.05, 4.69) is 32.1 Å². The molecule has 1 saturated heterocycles. The number of rotatable bonds is 7. The molecule has 5 rings (SSSR count). The van der Waals surface area contributed by atoms with Crippen LogP contribution in [0.5, 0.6) is 0 Å². The molecule has 1 N–H and O–H groups in total. The van der Waals surface area contributed by atoms with Crippen LogP contribution in [0, 0.1) is 0 Å². The van der Waals surface area contributed by atoms with E-state index < -0.39 is 6.43 Å². The molecule has 8 heteroatoms. The predicted molar refractivity (Wildman–Crippen MR) is 148 cm³/mol. The van der Waals surface area contributed by atoms with Gasteiger partial charge in [0.25, 0.3) is 6.43 Å². The summed E-state index contributed by atoms with van der Waals surface area (Å²) in [5, 5.41) is 6.71. The number of hydrogen-bond donors (Lipinski definition) is 1. The lowest BCUT2D eigenvalue weighted by molar-refractivity contribution is -0.104. The molecule has 0 spiro atoms. The van der Waals surface area contributed by atoms with Gasteiger partial charge in [-0.1, -0.05) is 0 Å². The highest BCUT2D eigenvalue weighted by Crippen LogP contribution is 2.45. The van der Waals surface area contributed by atoms with Gasteiger partial charge >= 0.3 is 0 Å². The molecule has 1 fully saturated rings. The van der Waals surface area contributed by atoms with Gasteiger partial charge in [0, 0.05) is 68.1 Å². The molecule has 6 nitrogen and oxygen atoms in total. The number of allylic oxidation sites excluding steroid dienone is 1. The van der Waals surface area contributed by atoms with Crippen LogP contribution in [-0.2, 0) is 16.0 Å². The number of alkyl halides is 2. The Bertz CT molecular complexity index is 1330. The molecule has 2 aliphatic heterocycles. The normalized spacial score (nSPS) is 16.6. The quantitative estimate of drug-likeness (QED) is 0.279. The summed E-state index contributed by atoms with van der Waals surface area (Å²) in [6, 6.07) is 7.96. The second kappa shape index (κ2) is 11.1. The van der Waals surface area contributed by atoms with E-state index in [9.17, 15) is 13.6 Å². The molecule has 0 saturated carbocycles. The lowest BCUT2D eigenvalue weighted by atomic mass is 9.88. The average Bonchev–Trinajstić information content (AvgIpc) is 3.47. The highest BCUT2D eigenvalue weighted by atomic mass is 19.3. The molecule has 0 atom stereocenters. The van der Waals surface area contributed by atoms with Gasteiger partial charge in [-0.25, -0.2) is 8.78 Å². The Morgan fingerprint density at radius 3 is 2.63 bits per heavy atom. The molecule has 3 aromatic rings. The van der Waals surface area contributed by atoms with Crippen molar-refractivity contribution in [1.82, 2.24) is 10.2 Å². The van der Waals surface area contributed by atoms with Crippen LogP contribution >= 0.6 is 0 Å². The number of hydrogen-bond acceptors (Lipinski definition) is 5. The van der Waals surface area contributed by atoms with Crippen LogP contribution in [0.4, 0.5) is 25.8 Å². The fourth-order valence-corrected chi connectivity index (χ4v) is 5.64. The standard InChI is InChI=1S/C30H34F2N4O2/c1-19(18-37)11-26-28(35(2)3)13-22(20-6-9-38-10-7-20)14-29(26)36-8-4-5-21-12-24(23-16-33-34-17-23)25(30(31)32)15-27(21)36/h11-18,20,30H,4-10H2,1-3H3,(H,33,34)/b19-11-. The Morgan fingerprint density at radius 2 is 1.97 bits per heavy atom. The number of aromatic nitrogens is 2. The minimum atomic E-state index is -2.63. The number of ether oxygens (including phenoxy) is 1. The second-order valence-corrected chi connectivity index (χ2v) is 10.4. The second-order valence-electron chi connectivity index (χ2n) is 10.4. The number of carbonyl (C=O) groups is 1. The third-order valence-corrected chi connectivity index (χ3v) is 7.60. The van der Waals surface area contributed by atoms with Gasteiger partial charge in [-0.05, 0) is 91.1 Å². The number of nitrogens with one attached hydrogen (secondary N) is 1. The first-order valence-electron chi connectivity index (χ1n) is 13.2. The van der Waals surface area contributed by atoms with Gasteiger partial charge < -0.3 is 14.5 Å². The molecule has 3 heterocycles. The summed E-state index contributed by atoms with van der Waals surface area (Å²) >= 11 is 0. The smallest absolute Gasteiger partial charge is 0.264 e. The molecule has 0 amide bonds. The topological polar surface area (TPSA) is 61.5 Å². The molecule has 2 aliphatic rings. The van der Waals surface area contributed by atoms with Crippen LogP contribution in [-0.4, -0.2) is 50.3 Å². The van der Waals surface area contributed by atoms with Gasteiger partial charge in [0.2, 0.25) is 0 Å². The molecule has 38 heavy (non-hydrogen) atoms. The van der Waals surface area contributed by atoms with Gasteiger partial charge in [-0.3, -0.25) is 9.89 Å². The maximum absolute atomic E-state index is 14.4. The monoisotopic (exact) mass is 520 g/mol. The zero-order valence-electron chi connectivity index (χ0n) is 22.1. The molecule has 0 bridgehead atoms. The third-order valence-electron chi connectivity index (χ3n) is 7.60. The van der Waals surface area contributed by atoms with Gasteiger partial charge in [-0.15, -0.1) is 0 Å². The van der Waals surface area contributed by atoms with E-state index >= 15 is 0 Å². The van der Waals surface area contributed by atoms with Gasteiger partial charge in [0.05, 0.1) is 11.9 Å². The van der Waals surface area contributed by atoms with Crippen molar-refractivity contribution in [1.29, 1.82) is 0 Å². The van der Waals surface area contributed by atoms with Crippen LogP contribution in [0.2, 0.25) is 0 Å². The number of aryl methyl sites for hydroxylation is 1. The summed E-state index contributed by atoms with van der Waals surface area (Å²) in [5.74, 6) is 0.357. The zero-order chi connectivity index (χ0) is 26.8. The molecule has 0 unspecified atom stereocenters. The first-order valence-corrected chi connectivity index (χ1v) is 13.2. The van der Waals surface area contributed by atoms with Crippen LogP contribution in [0.1, 0.15) is 60.8 Å². The third kappa shape index (κ3) is 5.10. The molecular weight excluding hydrogens is 486 g/mol. The Morgan fingerprint density at radius 1 is 1.18 bits per heavy atom. The van der Waals surface area contributed by atoms with Gasteiger partial charge in [0.1, 0.15) is 6.29 Å². The maximum Gasteiger partial charge on any atom is 0.264 e. The van der Waals surface area contributed by atoms with E-state index in [0.29, 0.717) is 29.2 Å². The summed E-state index contributed by atoms with van der Waals surface area (Å²) < 4.78 is 34.4. The van der Waals surface area contributed by atoms with E-state index in [1.54, 1.807) is 25.4 Å². The van der Waals surface area contributed by atoms with E-state index in [1.807, 2.05) is 26.2 Å². The van der Waals surface area contributed by atoms with Gasteiger partial charge in [-0.2, -0.15) is 5.10 Å². The highest BCUT2D eigenvalue weighted by Gasteiger charge is 2.28. The number of halogens is 2. The van der Waals surface area contributed by atoms with Crippen LogP contribution in [0.25, 0.3) is 17.2 Å². The van der Waals surface area contributed by atoms with Crippen molar-refractivity contribution in [2.45, 2.75) is 45.0 Å². The molecule has 0 aliphatic carbocycles. The van der Waals surface area contributed by atoms with Crippen molar-refractivity contribution in [3.63, 3.8) is 0 Å². The summed E-state index contributed by atoms with van der Waals surface area (Å²) in [5.41, 5.74) is 7.66. The largest absolute Gasteiger partial charge is 0.381 e. The summed E-state index contributed by atoms with van der Waals surface area (Å²) in [7, 11) is 3.99. The molecule has 200 valence electrons. The number of H-pyrrole nitrogens is 1. The number of carbonyl (C=O) groups excluding carboxylic acids is 1. The van der Waals surface area contributed by atoms with Crippen molar-refractivity contribution < 1.29 is 18.3 Å². The van der Waals surface area contributed by atoms with Gasteiger partial charge in [0.15, 0.2) is 0 Å². The fourth-order valence-electron chi connectivity index (χ4n) is 5.64. The first kappa shape index (κ1) is 26.1. The summed E-state index contributed by atoms with van der Waals surface area (Å²) in [6.45, 7) is 3.94. The zero-order valence-corrected chi connectivity index (χ0v) is 22.1. The lowest BCUT2D eigenvalue weighted by Gasteiger charge is -2.36. The number of nitrogens with zero attached hydrogens (tertiary/aromatic N) is 3. The van der Waals surface area contributed by atoms with E-state index in [0.717, 1.165) is 73.4 Å². The number of fused-ring (bicyclic) bond motifs is 1. The predicted octanol–water partition coefficient (Wildman–Crippen LogP) is 6.66. The van der Waals surface area contributed by atoms with Crippen LogP contribution < -0.4 is 9.80 Å². The van der Waals surface area contributed by atoms with E-state index in [1.165, 1.54) is 5.56 Å². The first-order chi connectivity index (χ1) is 18.4. The fraction of sp³-hybridized carbons (Fsp3) is 0.400. The van der Waals surface area contributed by atoms with Crippen molar-refractivity contribution in [3.8, 4) is 11.1 Å². The van der Waals surface area contributed by atoms with Crippen molar-refractivity contribution >= 4 is 29.4 Å². The van der Waals surface area contributed by atoms with E-state index in [-0.39, 0.29) is 5.56 Å². The minimum absolute atomic E-state index is 0.00775. The van der Waals surface area contributed by atoms with E-state index in [4.69, 9.17) is 4.74 Å². The van der Waals surface area contributed by atoms with Crippen molar-refractivity contribution in [2.24, 2.45) is 0 Å². The van der Waals surface area contributed by atoms with Crippen molar-refractivity contribution in [2.75, 3.05) is 43.7 Å².